The van der Waals surface area contributed by atoms with Gasteiger partial charge in [0.1, 0.15) is 5.75 Å². The Hall–Kier alpha value is -2.18. The summed E-state index contributed by atoms with van der Waals surface area (Å²) in [5.41, 5.74) is 1.78. The number of methoxy groups -OCH3 is 1. The van der Waals surface area contributed by atoms with Gasteiger partial charge in [0.05, 0.1) is 23.0 Å². The average Bonchev–Trinajstić information content (AvgIpc) is 2.83. The number of fused-ring (bicyclic) bond motifs is 1. The highest BCUT2D eigenvalue weighted by atomic mass is 35.5. The van der Waals surface area contributed by atoms with E-state index in [1.54, 1.807) is 7.11 Å². The second-order valence-electron chi connectivity index (χ2n) is 4.54. The van der Waals surface area contributed by atoms with Gasteiger partial charge < -0.3 is 9.30 Å². The van der Waals surface area contributed by atoms with Gasteiger partial charge in [-0.3, -0.25) is 0 Å². The molecule has 0 aliphatic rings. The van der Waals surface area contributed by atoms with Crippen LogP contribution in [0.2, 0.25) is 5.02 Å². The molecule has 0 radical (unpaired) electrons. The number of ether oxygens (including phenoxy) is 1. The molecule has 0 N–H and O–H groups in total. The quantitative estimate of drug-likeness (QED) is 0.514. The third-order valence-corrected chi connectivity index (χ3v) is 4.45. The van der Waals surface area contributed by atoms with E-state index in [0.717, 1.165) is 26.5 Å². The Kier molecular flexibility index (Phi) is 4.22. The largest absolute Gasteiger partial charge is 0.497 e. The molecule has 0 fully saturated rings. The maximum Gasteiger partial charge on any atom is 0.213 e. The topological polar surface area (TPSA) is 51.2 Å². The summed E-state index contributed by atoms with van der Waals surface area (Å²) in [7, 11) is 3.56. The second-order valence-corrected chi connectivity index (χ2v) is 5.99. The highest BCUT2D eigenvalue weighted by Crippen LogP contribution is 2.21. The minimum Gasteiger partial charge on any atom is -0.497 e. The molecule has 0 saturated carbocycles. The van der Waals surface area contributed by atoms with E-state index in [4.69, 9.17) is 16.3 Å². The Labute approximate surface area is 136 Å². The molecule has 0 aliphatic carbocycles. The van der Waals surface area contributed by atoms with E-state index in [1.165, 1.54) is 11.3 Å². The molecule has 5 nitrogen and oxygen atoms in total. The van der Waals surface area contributed by atoms with Crippen molar-refractivity contribution in [3.05, 3.63) is 52.3 Å². The molecule has 0 aliphatic heterocycles. The molecule has 1 aromatic heterocycles. The van der Waals surface area contributed by atoms with Crippen LogP contribution in [0.15, 0.2) is 57.9 Å². The number of hydrogen-bond acceptors (Lipinski definition) is 4. The molecule has 0 spiro atoms. The lowest BCUT2D eigenvalue weighted by molar-refractivity contribution is 0.415. The fraction of sp³-hybridized carbons (Fsp3) is 0.133. The van der Waals surface area contributed by atoms with Crippen molar-refractivity contribution in [1.82, 2.24) is 4.57 Å². The van der Waals surface area contributed by atoms with Crippen LogP contribution in [-0.2, 0) is 7.05 Å². The first-order chi connectivity index (χ1) is 10.7. The van der Waals surface area contributed by atoms with Crippen molar-refractivity contribution in [3.8, 4) is 5.75 Å². The molecule has 1 heterocycles. The van der Waals surface area contributed by atoms with E-state index in [9.17, 15) is 0 Å². The molecule has 7 heteroatoms. The van der Waals surface area contributed by atoms with Gasteiger partial charge in [0.15, 0.2) is 0 Å². The Morgan fingerprint density at radius 2 is 1.91 bits per heavy atom. The maximum atomic E-state index is 6.00. The lowest BCUT2D eigenvalue weighted by atomic mass is 10.3. The highest BCUT2D eigenvalue weighted by molar-refractivity contribution is 7.16. The van der Waals surface area contributed by atoms with Crippen LogP contribution in [0.5, 0.6) is 5.75 Å². The van der Waals surface area contributed by atoms with Gasteiger partial charge in [-0.05, 0) is 47.7 Å². The van der Waals surface area contributed by atoms with Gasteiger partial charge in [0.25, 0.3) is 0 Å². The molecule has 0 amide bonds. The number of hydrogen-bond donors (Lipinski definition) is 0. The molecule has 0 saturated heterocycles. The molecule has 3 rings (SSSR count). The van der Waals surface area contributed by atoms with Crippen LogP contribution in [0.3, 0.4) is 0 Å². The van der Waals surface area contributed by atoms with Crippen LogP contribution in [-0.4, -0.2) is 11.7 Å². The van der Waals surface area contributed by atoms with Gasteiger partial charge in [-0.2, -0.15) is 0 Å². The van der Waals surface area contributed by atoms with Gasteiger partial charge in [0, 0.05) is 12.1 Å². The van der Waals surface area contributed by atoms with Crippen LogP contribution >= 0.6 is 22.9 Å². The van der Waals surface area contributed by atoms with Crippen LogP contribution < -0.4 is 9.54 Å². The monoisotopic (exact) mass is 332 g/mol. The minimum absolute atomic E-state index is 0.709. The smallest absolute Gasteiger partial charge is 0.213 e. The number of aromatic nitrogens is 1. The van der Waals surface area contributed by atoms with Crippen molar-refractivity contribution in [2.45, 2.75) is 0 Å². The van der Waals surface area contributed by atoms with Crippen molar-refractivity contribution in [3.63, 3.8) is 0 Å². The number of benzene rings is 2. The first-order valence-corrected chi connectivity index (χ1v) is 7.71. The Bertz CT molecular complexity index is 896. The third kappa shape index (κ3) is 3.03. The molecular weight excluding hydrogens is 320 g/mol. The van der Waals surface area contributed by atoms with E-state index < -0.39 is 0 Å². The van der Waals surface area contributed by atoms with Crippen LogP contribution in [0.25, 0.3) is 10.2 Å². The Morgan fingerprint density at radius 3 is 2.64 bits per heavy atom. The van der Waals surface area contributed by atoms with Gasteiger partial charge in [0.2, 0.25) is 4.80 Å². The number of aryl methyl sites for hydroxylation is 1. The van der Waals surface area contributed by atoms with Crippen molar-refractivity contribution >= 4 is 38.8 Å². The third-order valence-electron chi connectivity index (χ3n) is 3.13. The average molecular weight is 333 g/mol. The zero-order valence-corrected chi connectivity index (χ0v) is 13.6. The van der Waals surface area contributed by atoms with Crippen LogP contribution in [0.1, 0.15) is 0 Å². The summed E-state index contributed by atoms with van der Waals surface area (Å²) in [5.74, 6) is 0.781. The summed E-state index contributed by atoms with van der Waals surface area (Å²) in [6.45, 7) is 0. The summed E-state index contributed by atoms with van der Waals surface area (Å²) in [5, 5.41) is 12.9. The van der Waals surface area contributed by atoms with Gasteiger partial charge in [-0.25, -0.2) is 0 Å². The molecule has 112 valence electrons. The molecule has 0 unspecified atom stereocenters. The number of nitrogens with zero attached hydrogens (tertiary/aromatic N) is 4. The molecule has 0 bridgehead atoms. The van der Waals surface area contributed by atoms with Gasteiger partial charge >= 0.3 is 0 Å². The standard InChI is InChI=1S/C15H13ClN4OS/c1-20-13-8-3-10(16)9-14(13)22-15(20)18-19-17-11-4-6-12(21-2)7-5-11/h3-9H,1-2H3/b18-15+,19-17?. The normalized spacial score (nSPS) is 12.4. The number of halogens is 1. The van der Waals surface area contributed by atoms with E-state index in [2.05, 4.69) is 15.4 Å². The predicted octanol–water partition coefficient (Wildman–Crippen LogP) is 4.50. The minimum atomic E-state index is 0.709. The van der Waals surface area contributed by atoms with E-state index in [-0.39, 0.29) is 0 Å². The highest BCUT2D eigenvalue weighted by Gasteiger charge is 2.02. The first kappa shape index (κ1) is 14.7. The van der Waals surface area contributed by atoms with Crippen molar-refractivity contribution < 1.29 is 4.74 Å². The maximum absolute atomic E-state index is 6.00. The summed E-state index contributed by atoms with van der Waals surface area (Å²) in [4.78, 5) is 0.759. The van der Waals surface area contributed by atoms with Crippen LogP contribution in [0, 0.1) is 0 Å². The number of thiazole rings is 1. The summed E-state index contributed by atoms with van der Waals surface area (Å²) in [6.07, 6.45) is 0. The first-order valence-electron chi connectivity index (χ1n) is 6.51. The lowest BCUT2D eigenvalue weighted by Gasteiger charge is -1.97. The second kappa shape index (κ2) is 6.29. The van der Waals surface area contributed by atoms with Crippen LogP contribution in [0.4, 0.5) is 5.69 Å². The molecule has 2 aromatic carbocycles. The zero-order chi connectivity index (χ0) is 15.5. The summed E-state index contributed by atoms with van der Waals surface area (Å²) in [6, 6.07) is 13.0. The predicted molar refractivity (Wildman–Crippen MR) is 88.9 cm³/mol. The molecular formula is C15H13ClN4OS. The summed E-state index contributed by atoms with van der Waals surface area (Å²) >= 11 is 7.52. The van der Waals surface area contributed by atoms with Gasteiger partial charge in [-0.15, -0.1) is 10.2 Å². The zero-order valence-electron chi connectivity index (χ0n) is 12.0. The molecule has 22 heavy (non-hydrogen) atoms. The van der Waals surface area contributed by atoms with E-state index >= 15 is 0 Å². The summed E-state index contributed by atoms with van der Waals surface area (Å²) < 4.78 is 8.12. The number of rotatable bonds is 3. The van der Waals surface area contributed by atoms with Crippen molar-refractivity contribution in [2.75, 3.05) is 7.11 Å². The Balaban J connectivity index is 1.91. The lowest BCUT2D eigenvalue weighted by Crippen LogP contribution is -2.08. The SMILES string of the molecule is COc1ccc(N=N/N=c2/sc3cc(Cl)ccc3n2C)cc1. The fourth-order valence-electron chi connectivity index (χ4n) is 1.97. The Morgan fingerprint density at radius 1 is 1.14 bits per heavy atom. The fourth-order valence-corrected chi connectivity index (χ4v) is 3.21. The van der Waals surface area contributed by atoms with Crippen molar-refractivity contribution in [2.24, 2.45) is 22.5 Å². The van der Waals surface area contributed by atoms with Crippen molar-refractivity contribution in [1.29, 1.82) is 0 Å². The van der Waals surface area contributed by atoms with E-state index in [1.807, 2.05) is 54.1 Å². The van der Waals surface area contributed by atoms with E-state index in [0.29, 0.717) is 5.02 Å². The molecule has 3 aromatic rings. The molecule has 0 atom stereocenters. The van der Waals surface area contributed by atoms with Gasteiger partial charge in [-0.1, -0.05) is 22.9 Å².